The van der Waals surface area contributed by atoms with Crippen molar-refractivity contribution < 1.29 is 5.11 Å². The Kier molecular flexibility index (Phi) is 4.52. The van der Waals surface area contributed by atoms with E-state index in [1.54, 1.807) is 12.3 Å². The van der Waals surface area contributed by atoms with Gasteiger partial charge in [0.05, 0.1) is 41.0 Å². The van der Waals surface area contributed by atoms with E-state index in [4.69, 9.17) is 16.0 Å². The van der Waals surface area contributed by atoms with Crippen LogP contribution >= 0.6 is 0 Å². The van der Waals surface area contributed by atoms with Crippen LogP contribution in [0, 0.1) is 11.3 Å². The Balaban J connectivity index is 1.74. The minimum Gasteiger partial charge on any atom is -0.394 e. The third-order valence-electron chi connectivity index (χ3n) is 5.11. The molecule has 3 N–H and O–H groups in total. The second kappa shape index (κ2) is 6.99. The SMILES string of the molecule is N#Cc1ccc(Cn2c(N3CCC[C@@](N)(CO)C3)nc3ccccc32)nc1. The van der Waals surface area contributed by atoms with E-state index in [-0.39, 0.29) is 6.61 Å². The summed E-state index contributed by atoms with van der Waals surface area (Å²) in [5.41, 5.74) is 9.08. The molecular weight excluding hydrogens is 340 g/mol. The predicted molar refractivity (Wildman–Crippen MR) is 103 cm³/mol. The summed E-state index contributed by atoms with van der Waals surface area (Å²) in [5.74, 6) is 0.838. The second-order valence-corrected chi connectivity index (χ2v) is 7.18. The molecule has 2 aromatic heterocycles. The summed E-state index contributed by atoms with van der Waals surface area (Å²) in [6.07, 6.45) is 3.30. The molecule has 0 aliphatic carbocycles. The van der Waals surface area contributed by atoms with Crippen LogP contribution in [0.4, 0.5) is 5.95 Å². The minimum absolute atomic E-state index is 0.0408. The number of nitrogens with two attached hydrogens (primary N) is 1. The number of pyridine rings is 1. The van der Waals surface area contributed by atoms with Crippen molar-refractivity contribution in [1.29, 1.82) is 5.26 Å². The number of piperidine rings is 1. The van der Waals surface area contributed by atoms with Gasteiger partial charge in [0.2, 0.25) is 5.95 Å². The van der Waals surface area contributed by atoms with Gasteiger partial charge in [0.1, 0.15) is 6.07 Å². The van der Waals surface area contributed by atoms with E-state index in [1.807, 2.05) is 30.3 Å². The number of aliphatic hydroxyl groups excluding tert-OH is 1. The third-order valence-corrected chi connectivity index (χ3v) is 5.11. The molecule has 7 heteroatoms. The molecule has 0 amide bonds. The molecule has 0 saturated carbocycles. The Bertz CT molecular complexity index is 990. The average molecular weight is 362 g/mol. The van der Waals surface area contributed by atoms with E-state index >= 15 is 0 Å². The first-order valence-electron chi connectivity index (χ1n) is 9.07. The van der Waals surface area contributed by atoms with Crippen molar-refractivity contribution in [2.24, 2.45) is 5.73 Å². The fourth-order valence-electron chi connectivity index (χ4n) is 3.67. The molecule has 1 aliphatic rings. The van der Waals surface area contributed by atoms with Crippen LogP contribution in [-0.4, -0.2) is 44.9 Å². The van der Waals surface area contributed by atoms with Crippen molar-refractivity contribution in [1.82, 2.24) is 14.5 Å². The lowest BCUT2D eigenvalue weighted by molar-refractivity contribution is 0.176. The first-order valence-corrected chi connectivity index (χ1v) is 9.07. The number of benzene rings is 1. The van der Waals surface area contributed by atoms with Crippen LogP contribution in [0.1, 0.15) is 24.1 Å². The minimum atomic E-state index is -0.603. The first kappa shape index (κ1) is 17.5. The molecule has 27 heavy (non-hydrogen) atoms. The summed E-state index contributed by atoms with van der Waals surface area (Å²) in [6, 6.07) is 13.7. The number of fused-ring (bicyclic) bond motifs is 1. The number of aliphatic hydroxyl groups is 1. The standard InChI is InChI=1S/C20H22N6O/c21-10-15-6-7-16(23-11-15)12-26-18-5-2-1-4-17(18)24-19(26)25-9-3-8-20(22,13-25)14-27/h1-2,4-7,11,27H,3,8-9,12-14,22H2/t20-/m0/s1. The Morgan fingerprint density at radius 2 is 2.11 bits per heavy atom. The van der Waals surface area contributed by atoms with E-state index in [0.717, 1.165) is 42.1 Å². The number of rotatable bonds is 4. The summed E-state index contributed by atoms with van der Waals surface area (Å²) < 4.78 is 2.13. The highest BCUT2D eigenvalue weighted by Crippen LogP contribution is 2.28. The fourth-order valence-corrected chi connectivity index (χ4v) is 3.67. The van der Waals surface area contributed by atoms with Gasteiger partial charge in [0.25, 0.3) is 0 Å². The fraction of sp³-hybridized carbons (Fsp3) is 0.350. The van der Waals surface area contributed by atoms with Gasteiger partial charge in [-0.2, -0.15) is 5.26 Å². The number of para-hydroxylation sites is 2. The molecule has 3 heterocycles. The molecule has 3 aromatic rings. The summed E-state index contributed by atoms with van der Waals surface area (Å²) in [4.78, 5) is 11.4. The van der Waals surface area contributed by atoms with Crippen molar-refractivity contribution in [3.63, 3.8) is 0 Å². The molecule has 1 fully saturated rings. The van der Waals surface area contributed by atoms with Crippen LogP contribution in [0.2, 0.25) is 0 Å². The average Bonchev–Trinajstić information content (AvgIpc) is 3.07. The molecule has 138 valence electrons. The van der Waals surface area contributed by atoms with E-state index in [1.165, 1.54) is 0 Å². The number of nitrogens with zero attached hydrogens (tertiary/aromatic N) is 5. The largest absolute Gasteiger partial charge is 0.394 e. The highest BCUT2D eigenvalue weighted by Gasteiger charge is 2.33. The molecular formula is C20H22N6O. The van der Waals surface area contributed by atoms with Gasteiger partial charge in [0.15, 0.2) is 0 Å². The number of hydrogen-bond acceptors (Lipinski definition) is 6. The number of aromatic nitrogens is 3. The maximum Gasteiger partial charge on any atom is 0.206 e. The Morgan fingerprint density at radius 1 is 1.26 bits per heavy atom. The van der Waals surface area contributed by atoms with E-state index < -0.39 is 5.54 Å². The number of anilines is 1. The van der Waals surface area contributed by atoms with Gasteiger partial charge in [-0.25, -0.2) is 4.98 Å². The van der Waals surface area contributed by atoms with Gasteiger partial charge in [-0.15, -0.1) is 0 Å². The van der Waals surface area contributed by atoms with Gasteiger partial charge in [0, 0.05) is 19.3 Å². The smallest absolute Gasteiger partial charge is 0.206 e. The van der Waals surface area contributed by atoms with Crippen molar-refractivity contribution in [2.75, 3.05) is 24.6 Å². The zero-order valence-electron chi connectivity index (χ0n) is 15.0. The molecule has 1 aromatic carbocycles. The van der Waals surface area contributed by atoms with Crippen LogP contribution in [0.25, 0.3) is 11.0 Å². The van der Waals surface area contributed by atoms with E-state index in [0.29, 0.717) is 18.7 Å². The lowest BCUT2D eigenvalue weighted by atomic mass is 9.91. The maximum atomic E-state index is 9.69. The lowest BCUT2D eigenvalue weighted by Gasteiger charge is -2.39. The molecule has 1 atom stereocenters. The van der Waals surface area contributed by atoms with Crippen molar-refractivity contribution in [3.05, 3.63) is 53.9 Å². The summed E-state index contributed by atoms with van der Waals surface area (Å²) in [6.45, 7) is 1.92. The number of hydrogen-bond donors (Lipinski definition) is 2. The van der Waals surface area contributed by atoms with Crippen molar-refractivity contribution in [3.8, 4) is 6.07 Å². The van der Waals surface area contributed by atoms with Gasteiger partial charge in [-0.1, -0.05) is 12.1 Å². The molecule has 1 aliphatic heterocycles. The Morgan fingerprint density at radius 3 is 2.85 bits per heavy atom. The lowest BCUT2D eigenvalue weighted by Crippen LogP contribution is -2.57. The quantitative estimate of drug-likeness (QED) is 0.731. The number of nitriles is 1. The Labute approximate surface area is 157 Å². The van der Waals surface area contributed by atoms with Crippen LogP contribution in [-0.2, 0) is 6.54 Å². The maximum absolute atomic E-state index is 9.69. The molecule has 0 bridgehead atoms. The van der Waals surface area contributed by atoms with Gasteiger partial charge in [-0.3, -0.25) is 4.98 Å². The molecule has 4 rings (SSSR count). The molecule has 1 saturated heterocycles. The molecule has 0 unspecified atom stereocenters. The molecule has 7 nitrogen and oxygen atoms in total. The van der Waals surface area contributed by atoms with Gasteiger partial charge < -0.3 is 20.3 Å². The van der Waals surface area contributed by atoms with E-state index in [9.17, 15) is 5.11 Å². The van der Waals surface area contributed by atoms with Crippen LogP contribution in [0.5, 0.6) is 0 Å². The normalized spacial score (nSPS) is 20.0. The summed E-state index contributed by atoms with van der Waals surface area (Å²) in [7, 11) is 0. The van der Waals surface area contributed by atoms with E-state index in [2.05, 4.69) is 20.5 Å². The van der Waals surface area contributed by atoms with Crippen LogP contribution in [0.15, 0.2) is 42.6 Å². The number of imidazole rings is 1. The van der Waals surface area contributed by atoms with Gasteiger partial charge in [-0.05, 0) is 37.1 Å². The molecule has 0 radical (unpaired) electrons. The van der Waals surface area contributed by atoms with Crippen LogP contribution in [0.3, 0.4) is 0 Å². The predicted octanol–water partition coefficient (Wildman–Crippen LogP) is 1.64. The third kappa shape index (κ3) is 3.37. The highest BCUT2D eigenvalue weighted by molar-refractivity contribution is 5.79. The molecule has 0 spiro atoms. The van der Waals surface area contributed by atoms with Crippen molar-refractivity contribution in [2.45, 2.75) is 24.9 Å². The monoisotopic (exact) mass is 362 g/mol. The van der Waals surface area contributed by atoms with Gasteiger partial charge >= 0.3 is 0 Å². The Hall–Kier alpha value is -2.95. The van der Waals surface area contributed by atoms with Crippen molar-refractivity contribution >= 4 is 17.0 Å². The zero-order chi connectivity index (χ0) is 18.9. The first-order chi connectivity index (χ1) is 13.1. The zero-order valence-corrected chi connectivity index (χ0v) is 15.0. The van der Waals surface area contributed by atoms with Crippen LogP contribution < -0.4 is 10.6 Å². The second-order valence-electron chi connectivity index (χ2n) is 7.18. The summed E-state index contributed by atoms with van der Waals surface area (Å²) in [5, 5.41) is 18.7. The highest BCUT2D eigenvalue weighted by atomic mass is 16.3. The topological polar surface area (TPSA) is 104 Å². The summed E-state index contributed by atoms with van der Waals surface area (Å²) >= 11 is 0.